The minimum Gasteiger partial charge on any atom is -0.355 e. The van der Waals surface area contributed by atoms with Gasteiger partial charge >= 0.3 is 0 Å². The Balaban J connectivity index is 1.93. The molecule has 0 saturated carbocycles. The van der Waals surface area contributed by atoms with Crippen LogP contribution in [0.2, 0.25) is 5.02 Å². The van der Waals surface area contributed by atoms with E-state index in [1.165, 1.54) is 6.07 Å². The first-order chi connectivity index (χ1) is 13.5. The van der Waals surface area contributed by atoms with Crippen molar-refractivity contribution in [1.82, 2.24) is 15.3 Å². The molecule has 1 saturated heterocycles. The summed E-state index contributed by atoms with van der Waals surface area (Å²) in [6.07, 6.45) is 4.71. The number of nitrogens with one attached hydrogen (secondary N) is 1. The van der Waals surface area contributed by atoms with Gasteiger partial charge in [0.1, 0.15) is 10.8 Å². The number of aromatic nitrogens is 2. The minimum atomic E-state index is -0.469. The van der Waals surface area contributed by atoms with Gasteiger partial charge in [-0.15, -0.1) is 0 Å². The van der Waals surface area contributed by atoms with Gasteiger partial charge in [0.15, 0.2) is 0 Å². The fourth-order valence-corrected chi connectivity index (χ4v) is 3.51. The summed E-state index contributed by atoms with van der Waals surface area (Å²) in [6, 6.07) is 7.17. The van der Waals surface area contributed by atoms with Crippen molar-refractivity contribution in [2.45, 2.75) is 32.2 Å². The normalized spacial score (nSPS) is 16.4. The molecule has 1 N–H and O–H groups in total. The standard InChI is InChI=1S/C19H25ClN6O2/c1-3-4-10-25(15-5-6-16(20)17(12-15)26(27)28)19-22-9-7-18(23-19)24-11-8-14(13-24)21-2/h5-7,9,12,14,21H,3-4,8,10-11,13H2,1-2H3/t14-/m0/s1. The van der Waals surface area contributed by atoms with Crippen LogP contribution in [0.5, 0.6) is 0 Å². The highest BCUT2D eigenvalue weighted by Gasteiger charge is 2.24. The van der Waals surface area contributed by atoms with Gasteiger partial charge in [0.25, 0.3) is 5.69 Å². The van der Waals surface area contributed by atoms with E-state index in [-0.39, 0.29) is 10.7 Å². The number of anilines is 3. The molecule has 2 heterocycles. The Morgan fingerprint density at radius 2 is 2.25 bits per heavy atom. The summed E-state index contributed by atoms with van der Waals surface area (Å²) in [5, 5.41) is 14.7. The predicted octanol–water partition coefficient (Wildman–Crippen LogP) is 3.77. The zero-order valence-corrected chi connectivity index (χ0v) is 16.9. The number of halogens is 1. The van der Waals surface area contributed by atoms with E-state index < -0.39 is 4.92 Å². The van der Waals surface area contributed by atoms with Gasteiger partial charge in [0, 0.05) is 37.9 Å². The van der Waals surface area contributed by atoms with Crippen molar-refractivity contribution in [3.8, 4) is 0 Å². The number of nitro benzene ring substituents is 1. The molecule has 8 nitrogen and oxygen atoms in total. The third kappa shape index (κ3) is 4.51. The first-order valence-corrected chi connectivity index (χ1v) is 9.88. The first kappa shape index (κ1) is 20.3. The van der Waals surface area contributed by atoms with E-state index in [0.29, 0.717) is 24.2 Å². The van der Waals surface area contributed by atoms with Crippen LogP contribution < -0.4 is 15.1 Å². The molecule has 9 heteroatoms. The van der Waals surface area contributed by atoms with Crippen molar-refractivity contribution in [2.75, 3.05) is 36.5 Å². The van der Waals surface area contributed by atoms with E-state index in [0.717, 1.165) is 38.2 Å². The molecule has 0 bridgehead atoms. The number of unbranched alkanes of at least 4 members (excludes halogenated alkanes) is 1. The molecule has 0 radical (unpaired) electrons. The Labute approximate surface area is 169 Å². The van der Waals surface area contributed by atoms with Crippen LogP contribution in [0.4, 0.5) is 23.1 Å². The van der Waals surface area contributed by atoms with Gasteiger partial charge in [-0.2, -0.15) is 4.98 Å². The molecule has 1 aliphatic rings. The Hall–Kier alpha value is -2.45. The molecule has 1 fully saturated rings. The summed E-state index contributed by atoms with van der Waals surface area (Å²) in [7, 11) is 1.97. The molecule has 0 spiro atoms. The number of nitrogens with zero attached hydrogens (tertiary/aromatic N) is 5. The largest absolute Gasteiger partial charge is 0.355 e. The molecule has 150 valence electrons. The summed E-state index contributed by atoms with van der Waals surface area (Å²) in [5.41, 5.74) is 0.546. The zero-order valence-electron chi connectivity index (χ0n) is 16.1. The van der Waals surface area contributed by atoms with Crippen LogP contribution in [0.25, 0.3) is 0 Å². The van der Waals surface area contributed by atoms with Crippen LogP contribution in [0.3, 0.4) is 0 Å². The van der Waals surface area contributed by atoms with E-state index >= 15 is 0 Å². The summed E-state index contributed by atoms with van der Waals surface area (Å²) in [6.45, 7) is 4.59. The van der Waals surface area contributed by atoms with Gasteiger partial charge < -0.3 is 15.1 Å². The van der Waals surface area contributed by atoms with Crippen molar-refractivity contribution in [3.05, 3.63) is 45.6 Å². The topological polar surface area (TPSA) is 87.4 Å². The van der Waals surface area contributed by atoms with Gasteiger partial charge in [-0.1, -0.05) is 24.9 Å². The lowest BCUT2D eigenvalue weighted by Gasteiger charge is -2.24. The molecule has 3 rings (SSSR count). The molecule has 1 aromatic carbocycles. The third-order valence-electron chi connectivity index (χ3n) is 4.96. The van der Waals surface area contributed by atoms with E-state index in [2.05, 4.69) is 22.1 Å². The maximum absolute atomic E-state index is 11.3. The van der Waals surface area contributed by atoms with Gasteiger partial charge in [-0.25, -0.2) is 4.98 Å². The van der Waals surface area contributed by atoms with Crippen molar-refractivity contribution < 1.29 is 4.92 Å². The minimum absolute atomic E-state index is 0.117. The lowest BCUT2D eigenvalue weighted by Crippen LogP contribution is -2.30. The second-order valence-corrected chi connectivity index (χ2v) is 7.24. The van der Waals surface area contributed by atoms with Gasteiger partial charge in [0.05, 0.1) is 10.6 Å². The molecule has 0 unspecified atom stereocenters. The molecule has 2 aromatic rings. The van der Waals surface area contributed by atoms with Crippen LogP contribution in [-0.2, 0) is 0 Å². The zero-order chi connectivity index (χ0) is 20.1. The van der Waals surface area contributed by atoms with Crippen molar-refractivity contribution in [3.63, 3.8) is 0 Å². The van der Waals surface area contributed by atoms with Crippen LogP contribution >= 0.6 is 11.6 Å². The van der Waals surface area contributed by atoms with E-state index in [9.17, 15) is 10.1 Å². The monoisotopic (exact) mass is 404 g/mol. The van der Waals surface area contributed by atoms with Crippen LogP contribution in [0.1, 0.15) is 26.2 Å². The van der Waals surface area contributed by atoms with Crippen LogP contribution in [0, 0.1) is 10.1 Å². The lowest BCUT2D eigenvalue weighted by molar-refractivity contribution is -0.384. The Bertz CT molecular complexity index is 834. The second kappa shape index (κ2) is 9.16. The van der Waals surface area contributed by atoms with Crippen molar-refractivity contribution >= 4 is 34.7 Å². The fourth-order valence-electron chi connectivity index (χ4n) is 3.32. The maximum atomic E-state index is 11.3. The van der Waals surface area contributed by atoms with Gasteiger partial charge in [-0.3, -0.25) is 10.1 Å². The highest BCUT2D eigenvalue weighted by molar-refractivity contribution is 6.32. The number of benzene rings is 1. The van der Waals surface area contributed by atoms with Crippen LogP contribution in [0.15, 0.2) is 30.5 Å². The highest BCUT2D eigenvalue weighted by Crippen LogP contribution is 2.32. The van der Waals surface area contributed by atoms with Crippen molar-refractivity contribution in [1.29, 1.82) is 0 Å². The Morgan fingerprint density at radius 3 is 2.93 bits per heavy atom. The average molecular weight is 405 g/mol. The molecule has 28 heavy (non-hydrogen) atoms. The van der Waals surface area contributed by atoms with Gasteiger partial charge in [0.2, 0.25) is 5.95 Å². The summed E-state index contributed by atoms with van der Waals surface area (Å²) < 4.78 is 0. The summed E-state index contributed by atoms with van der Waals surface area (Å²) in [5.74, 6) is 1.41. The highest BCUT2D eigenvalue weighted by atomic mass is 35.5. The Kier molecular flexibility index (Phi) is 6.64. The van der Waals surface area contributed by atoms with Crippen LogP contribution in [-0.4, -0.2) is 47.6 Å². The smallest absolute Gasteiger partial charge is 0.289 e. The molecule has 0 aliphatic carbocycles. The SMILES string of the molecule is CCCCN(c1ccc(Cl)c([N+](=O)[O-])c1)c1nccc(N2CC[C@H](NC)C2)n1. The number of nitro groups is 1. The Morgan fingerprint density at radius 1 is 1.43 bits per heavy atom. The number of likely N-dealkylation sites (N-methyl/N-ethyl adjacent to an activating group) is 1. The quantitative estimate of drug-likeness (QED) is 0.529. The van der Waals surface area contributed by atoms with E-state index in [1.54, 1.807) is 18.3 Å². The lowest BCUT2D eigenvalue weighted by atomic mass is 10.2. The van der Waals surface area contributed by atoms with E-state index in [1.807, 2.05) is 18.0 Å². The first-order valence-electron chi connectivity index (χ1n) is 9.50. The molecule has 1 aliphatic heterocycles. The molecule has 1 aromatic heterocycles. The average Bonchev–Trinajstić information content (AvgIpc) is 3.19. The number of hydrogen-bond donors (Lipinski definition) is 1. The van der Waals surface area contributed by atoms with Gasteiger partial charge in [-0.05, 0) is 38.1 Å². The third-order valence-corrected chi connectivity index (χ3v) is 5.28. The van der Waals surface area contributed by atoms with Crippen molar-refractivity contribution in [2.24, 2.45) is 0 Å². The molecular weight excluding hydrogens is 380 g/mol. The predicted molar refractivity (Wildman–Crippen MR) is 112 cm³/mol. The molecular formula is C19H25ClN6O2. The second-order valence-electron chi connectivity index (χ2n) is 6.83. The summed E-state index contributed by atoms with van der Waals surface area (Å²) >= 11 is 5.98. The number of hydrogen-bond acceptors (Lipinski definition) is 7. The summed E-state index contributed by atoms with van der Waals surface area (Å²) in [4.78, 5) is 24.2. The molecule has 0 amide bonds. The number of rotatable bonds is 8. The fraction of sp³-hybridized carbons (Fsp3) is 0.474. The molecule has 1 atom stereocenters. The van der Waals surface area contributed by atoms with E-state index in [4.69, 9.17) is 16.6 Å². The maximum Gasteiger partial charge on any atom is 0.289 e.